The van der Waals surface area contributed by atoms with Crippen LogP contribution >= 0.6 is 0 Å². The van der Waals surface area contributed by atoms with E-state index >= 15 is 0 Å². The van der Waals surface area contributed by atoms with Crippen molar-refractivity contribution in [1.29, 1.82) is 5.41 Å². The van der Waals surface area contributed by atoms with Gasteiger partial charge in [-0.1, -0.05) is 18.6 Å². The fraction of sp³-hybridized carbons (Fsp3) is 0.370. The number of nitrogens with zero attached hydrogens (tertiary/aromatic N) is 1. The van der Waals surface area contributed by atoms with Gasteiger partial charge in [0, 0.05) is 24.8 Å². The number of carbonyl (C=O) groups is 1. The first-order valence-corrected chi connectivity index (χ1v) is 11.5. The van der Waals surface area contributed by atoms with Crippen LogP contribution in [0.3, 0.4) is 0 Å². The van der Waals surface area contributed by atoms with E-state index < -0.39 is 17.7 Å². The van der Waals surface area contributed by atoms with E-state index in [1.165, 1.54) is 36.9 Å². The van der Waals surface area contributed by atoms with Crippen LogP contribution in [0.25, 0.3) is 0 Å². The minimum absolute atomic E-state index is 0.179. The summed E-state index contributed by atoms with van der Waals surface area (Å²) in [5, 5.41) is 10.9. The van der Waals surface area contributed by atoms with E-state index in [9.17, 15) is 18.0 Å². The minimum atomic E-state index is -0.936. The van der Waals surface area contributed by atoms with E-state index in [1.54, 1.807) is 12.1 Å². The lowest BCUT2D eigenvalue weighted by Gasteiger charge is -2.40. The van der Waals surface area contributed by atoms with Gasteiger partial charge in [-0.3, -0.25) is 9.79 Å². The molecular formula is C27H28F3N3O. The molecule has 0 radical (unpaired) electrons. The molecule has 1 amide bonds. The smallest absolute Gasteiger partial charge is 0.217 e. The zero-order valence-corrected chi connectivity index (χ0v) is 19.2. The zero-order valence-electron chi connectivity index (χ0n) is 19.2. The molecule has 0 aromatic heterocycles. The van der Waals surface area contributed by atoms with E-state index in [0.717, 1.165) is 30.7 Å². The molecule has 34 heavy (non-hydrogen) atoms. The molecule has 4 atom stereocenters. The Morgan fingerprint density at radius 2 is 1.94 bits per heavy atom. The maximum atomic E-state index is 13.9. The summed E-state index contributed by atoms with van der Waals surface area (Å²) in [5.41, 5.74) is 2.99. The molecule has 178 valence electrons. The normalized spacial score (nSPS) is 26.0. The number of halogens is 3. The van der Waals surface area contributed by atoms with Crippen LogP contribution in [0, 0.1) is 40.1 Å². The van der Waals surface area contributed by atoms with Gasteiger partial charge in [0.2, 0.25) is 5.91 Å². The maximum absolute atomic E-state index is 13.9. The fourth-order valence-electron chi connectivity index (χ4n) is 5.42. The van der Waals surface area contributed by atoms with Crippen molar-refractivity contribution in [2.45, 2.75) is 45.6 Å². The predicted octanol–water partition coefficient (Wildman–Crippen LogP) is 6.46. The summed E-state index contributed by atoms with van der Waals surface area (Å²) in [6.45, 7) is 3.59. The van der Waals surface area contributed by atoms with Crippen LogP contribution in [-0.4, -0.2) is 17.8 Å². The second kappa shape index (κ2) is 9.57. The van der Waals surface area contributed by atoms with Gasteiger partial charge in [-0.15, -0.1) is 0 Å². The molecule has 2 aliphatic rings. The van der Waals surface area contributed by atoms with Crippen molar-refractivity contribution < 1.29 is 18.0 Å². The number of benzene rings is 2. The molecule has 2 aromatic carbocycles. The summed E-state index contributed by atoms with van der Waals surface area (Å²) in [6, 6.07) is 9.28. The topological polar surface area (TPSA) is 65.3 Å². The van der Waals surface area contributed by atoms with Crippen LogP contribution in [0.1, 0.15) is 51.1 Å². The van der Waals surface area contributed by atoms with Gasteiger partial charge in [0.05, 0.1) is 11.7 Å². The van der Waals surface area contributed by atoms with Crippen LogP contribution < -0.4 is 5.32 Å². The minimum Gasteiger partial charge on any atom is -0.350 e. The summed E-state index contributed by atoms with van der Waals surface area (Å²) in [6.07, 6.45) is 6.48. The van der Waals surface area contributed by atoms with Crippen molar-refractivity contribution in [3.05, 3.63) is 77.1 Å². The molecule has 1 fully saturated rings. The van der Waals surface area contributed by atoms with Gasteiger partial charge in [0.25, 0.3) is 0 Å². The molecule has 0 heterocycles. The van der Waals surface area contributed by atoms with Crippen LogP contribution in [0.5, 0.6) is 0 Å². The number of nitrogens with one attached hydrogen (secondary N) is 2. The Morgan fingerprint density at radius 3 is 2.59 bits per heavy atom. The largest absolute Gasteiger partial charge is 0.350 e. The molecule has 2 N–H and O–H groups in total. The second-order valence-electron chi connectivity index (χ2n) is 9.48. The molecule has 1 saturated carbocycles. The van der Waals surface area contributed by atoms with E-state index in [2.05, 4.69) is 23.3 Å². The van der Waals surface area contributed by atoms with Gasteiger partial charge in [-0.2, -0.15) is 0 Å². The van der Waals surface area contributed by atoms with Crippen molar-refractivity contribution in [1.82, 2.24) is 5.32 Å². The molecular weight excluding hydrogens is 439 g/mol. The number of rotatable bonds is 6. The first kappa shape index (κ1) is 23.9. The third kappa shape index (κ3) is 4.83. The molecule has 4 rings (SSSR count). The molecule has 0 spiro atoms. The van der Waals surface area contributed by atoms with Crippen LogP contribution in [0.2, 0.25) is 0 Å². The molecule has 4 nitrogen and oxygen atoms in total. The number of fused-ring (bicyclic) bond motifs is 1. The van der Waals surface area contributed by atoms with Crippen LogP contribution in [-0.2, 0) is 4.79 Å². The Labute approximate surface area is 197 Å². The maximum Gasteiger partial charge on any atom is 0.217 e. The fourth-order valence-corrected chi connectivity index (χ4v) is 5.42. The van der Waals surface area contributed by atoms with Crippen molar-refractivity contribution >= 4 is 23.5 Å². The molecule has 0 bridgehead atoms. The number of aliphatic imine (C=N–C) groups is 1. The molecule has 0 saturated heterocycles. The summed E-state index contributed by atoms with van der Waals surface area (Å²) >= 11 is 0. The second-order valence-corrected chi connectivity index (χ2v) is 9.48. The first-order valence-electron chi connectivity index (χ1n) is 11.5. The lowest BCUT2D eigenvalue weighted by molar-refractivity contribution is -0.119. The van der Waals surface area contributed by atoms with Crippen LogP contribution in [0.15, 0.2) is 59.1 Å². The summed E-state index contributed by atoms with van der Waals surface area (Å²) in [4.78, 5) is 16.6. The summed E-state index contributed by atoms with van der Waals surface area (Å²) < 4.78 is 40.7. The number of hydrogen-bond donors (Lipinski definition) is 2. The van der Waals surface area contributed by atoms with Crippen molar-refractivity contribution in [3.8, 4) is 0 Å². The van der Waals surface area contributed by atoms with Crippen molar-refractivity contribution in [3.63, 3.8) is 0 Å². The molecule has 0 aliphatic heterocycles. The van der Waals surface area contributed by atoms with Gasteiger partial charge >= 0.3 is 0 Å². The Bertz CT molecular complexity index is 1160. The average Bonchev–Trinajstić information content (AvgIpc) is 3.11. The van der Waals surface area contributed by atoms with Crippen LogP contribution in [0.4, 0.5) is 18.9 Å². The Kier molecular flexibility index (Phi) is 6.73. The Hall–Kier alpha value is -3.22. The highest BCUT2D eigenvalue weighted by atomic mass is 19.2. The monoisotopic (exact) mass is 467 g/mol. The average molecular weight is 468 g/mol. The molecule has 7 heteroatoms. The van der Waals surface area contributed by atoms with Gasteiger partial charge in [-0.05, 0) is 85.1 Å². The lowest BCUT2D eigenvalue weighted by atomic mass is 9.65. The summed E-state index contributed by atoms with van der Waals surface area (Å²) in [5.74, 6) is -2.42. The third-order valence-electron chi connectivity index (χ3n) is 7.27. The lowest BCUT2D eigenvalue weighted by Crippen LogP contribution is -2.37. The van der Waals surface area contributed by atoms with E-state index in [4.69, 9.17) is 5.41 Å². The standard InChI is InChI=1S/C27H28F3N3O/c1-16(34)32-25(17-3-10-23(29)24(30)11-17)12-19-4-5-20-13-26(18(15-31)14-27(19,20)2)33-22-8-6-21(28)7-9-22/h3,6-11,13,15,18-19,25,31H,4-5,12,14H2,1-2H3,(H,32,34). The Morgan fingerprint density at radius 1 is 1.21 bits per heavy atom. The number of hydrogen-bond acceptors (Lipinski definition) is 3. The highest BCUT2D eigenvalue weighted by Gasteiger charge is 2.47. The number of amides is 1. The van der Waals surface area contributed by atoms with Gasteiger partial charge < -0.3 is 10.7 Å². The number of allylic oxidation sites excluding steroid dienone is 2. The highest BCUT2D eigenvalue weighted by Crippen LogP contribution is 2.56. The van der Waals surface area contributed by atoms with E-state index in [1.807, 2.05) is 0 Å². The van der Waals surface area contributed by atoms with Crippen molar-refractivity contribution in [2.24, 2.45) is 22.2 Å². The third-order valence-corrected chi connectivity index (χ3v) is 7.27. The highest BCUT2D eigenvalue weighted by molar-refractivity contribution is 6.07. The quantitative estimate of drug-likeness (QED) is 0.471. The number of carbonyl (C=O) groups excluding carboxylic acids is 1. The first-order chi connectivity index (χ1) is 16.2. The molecule has 4 unspecified atom stereocenters. The van der Waals surface area contributed by atoms with Gasteiger partial charge in [0.15, 0.2) is 11.6 Å². The molecule has 2 aromatic rings. The molecule has 2 aliphatic carbocycles. The van der Waals surface area contributed by atoms with Gasteiger partial charge in [0.1, 0.15) is 5.82 Å². The van der Waals surface area contributed by atoms with E-state index in [-0.39, 0.29) is 29.0 Å². The van der Waals surface area contributed by atoms with Crippen molar-refractivity contribution in [2.75, 3.05) is 0 Å². The van der Waals surface area contributed by atoms with E-state index in [0.29, 0.717) is 24.1 Å². The predicted molar refractivity (Wildman–Crippen MR) is 127 cm³/mol. The summed E-state index contributed by atoms with van der Waals surface area (Å²) in [7, 11) is 0. The van der Waals surface area contributed by atoms with Gasteiger partial charge in [-0.25, -0.2) is 13.2 Å². The Balaban J connectivity index is 1.62. The SMILES string of the molecule is CC(=O)NC(CC1CCC2=CC(=Nc3ccc(F)cc3)C(C=N)CC21C)c1ccc(F)c(F)c1. The zero-order chi connectivity index (χ0) is 24.5.